The fraction of sp³-hybridized carbons (Fsp3) is 0. The van der Waals surface area contributed by atoms with E-state index in [-0.39, 0.29) is 0 Å². The molecule has 0 aliphatic heterocycles. The van der Waals surface area contributed by atoms with Crippen molar-refractivity contribution >= 4 is 91.9 Å². The predicted octanol–water partition coefficient (Wildman–Crippen LogP) is 14.6. The number of thiophene rings is 1. The highest BCUT2D eigenvalue weighted by atomic mass is 32.1. The Kier molecular flexibility index (Phi) is 6.76. The molecule has 0 bridgehead atoms. The smallest absolute Gasteiger partial charge is 0.0640 e. The number of benzene rings is 9. The first-order valence-electron chi connectivity index (χ1n) is 18.1. The van der Waals surface area contributed by atoms with E-state index in [1.54, 1.807) is 0 Å². The van der Waals surface area contributed by atoms with Crippen molar-refractivity contribution in [3.05, 3.63) is 194 Å². The van der Waals surface area contributed by atoms with E-state index in [2.05, 4.69) is 204 Å². The average molecular weight is 693 g/mol. The highest BCUT2D eigenvalue weighted by Gasteiger charge is 2.22. The molecule has 2 aromatic heterocycles. The maximum atomic E-state index is 2.46. The molecule has 2 heterocycles. The summed E-state index contributed by atoms with van der Waals surface area (Å²) in [6, 6.07) is 70.9. The maximum Gasteiger partial charge on any atom is 0.0640 e. The van der Waals surface area contributed by atoms with Crippen molar-refractivity contribution in [1.82, 2.24) is 4.57 Å². The van der Waals surface area contributed by atoms with Gasteiger partial charge in [0, 0.05) is 43.3 Å². The van der Waals surface area contributed by atoms with Gasteiger partial charge < -0.3 is 9.47 Å². The zero-order chi connectivity index (χ0) is 34.9. The van der Waals surface area contributed by atoms with Crippen LogP contribution in [-0.2, 0) is 0 Å². The molecule has 0 aliphatic carbocycles. The molecule has 0 saturated heterocycles. The molecule has 2 nitrogen and oxygen atoms in total. The number of hydrogen-bond donors (Lipinski definition) is 0. The van der Waals surface area contributed by atoms with Gasteiger partial charge in [0.05, 0.1) is 21.4 Å². The molecule has 248 valence electrons. The number of anilines is 3. The molecule has 3 heteroatoms. The van der Waals surface area contributed by atoms with Crippen molar-refractivity contribution in [3.63, 3.8) is 0 Å². The highest BCUT2D eigenvalue weighted by molar-refractivity contribution is 7.27. The van der Waals surface area contributed by atoms with E-state index in [4.69, 9.17) is 0 Å². The summed E-state index contributed by atoms with van der Waals surface area (Å²) < 4.78 is 5.08. The van der Waals surface area contributed by atoms with E-state index in [9.17, 15) is 0 Å². The van der Waals surface area contributed by atoms with Crippen LogP contribution < -0.4 is 4.90 Å². The second-order valence-corrected chi connectivity index (χ2v) is 14.7. The summed E-state index contributed by atoms with van der Waals surface area (Å²) in [5.74, 6) is 0. The van der Waals surface area contributed by atoms with Gasteiger partial charge in [-0.05, 0) is 81.2 Å². The Labute approximate surface area is 311 Å². The van der Waals surface area contributed by atoms with E-state index >= 15 is 0 Å². The molecule has 11 aromatic rings. The Morgan fingerprint density at radius 3 is 1.87 bits per heavy atom. The summed E-state index contributed by atoms with van der Waals surface area (Å²) in [6.45, 7) is 0. The van der Waals surface area contributed by atoms with E-state index in [1.807, 2.05) is 11.3 Å². The van der Waals surface area contributed by atoms with Crippen molar-refractivity contribution in [2.24, 2.45) is 0 Å². The van der Waals surface area contributed by atoms with Crippen LogP contribution in [0.3, 0.4) is 0 Å². The Balaban J connectivity index is 1.20. The van der Waals surface area contributed by atoms with Crippen LogP contribution in [0.2, 0.25) is 0 Å². The van der Waals surface area contributed by atoms with Gasteiger partial charge in [0.25, 0.3) is 0 Å². The van der Waals surface area contributed by atoms with Gasteiger partial charge in [-0.2, -0.15) is 0 Å². The van der Waals surface area contributed by atoms with Gasteiger partial charge >= 0.3 is 0 Å². The lowest BCUT2D eigenvalue weighted by atomic mass is 10.0. The lowest BCUT2D eigenvalue weighted by molar-refractivity contribution is 1.18. The number of rotatable bonds is 5. The Hall–Kier alpha value is -6.68. The fourth-order valence-electron chi connectivity index (χ4n) is 8.34. The van der Waals surface area contributed by atoms with Gasteiger partial charge in [0.15, 0.2) is 0 Å². The van der Waals surface area contributed by atoms with Crippen LogP contribution >= 0.6 is 11.3 Å². The summed E-state index contributed by atoms with van der Waals surface area (Å²) in [5, 5.41) is 10.2. The number of fused-ring (bicyclic) bond motifs is 10. The Morgan fingerprint density at radius 1 is 0.377 bits per heavy atom. The monoisotopic (exact) mass is 692 g/mol. The van der Waals surface area contributed by atoms with Gasteiger partial charge in [-0.3, -0.25) is 0 Å². The molecule has 0 radical (unpaired) electrons. The highest BCUT2D eigenvalue weighted by Crippen LogP contribution is 2.47. The van der Waals surface area contributed by atoms with Crippen LogP contribution in [0.5, 0.6) is 0 Å². The maximum absolute atomic E-state index is 2.46. The molecule has 0 saturated carbocycles. The third kappa shape index (κ3) is 4.71. The van der Waals surface area contributed by atoms with Crippen molar-refractivity contribution in [2.45, 2.75) is 0 Å². The number of nitrogens with zero attached hydrogens (tertiary/aromatic N) is 2. The zero-order valence-corrected chi connectivity index (χ0v) is 29.6. The van der Waals surface area contributed by atoms with Crippen molar-refractivity contribution in [3.8, 4) is 16.8 Å². The van der Waals surface area contributed by atoms with Crippen molar-refractivity contribution < 1.29 is 0 Å². The zero-order valence-electron chi connectivity index (χ0n) is 28.8. The lowest BCUT2D eigenvalue weighted by Crippen LogP contribution is -2.10. The summed E-state index contributed by atoms with van der Waals surface area (Å²) >= 11 is 1.90. The van der Waals surface area contributed by atoms with E-state index in [0.29, 0.717) is 0 Å². The Morgan fingerprint density at radius 2 is 1.02 bits per heavy atom. The Bertz CT molecular complexity index is 3170. The molecular weight excluding hydrogens is 661 g/mol. The average Bonchev–Trinajstić information content (AvgIpc) is 3.78. The lowest BCUT2D eigenvalue weighted by Gasteiger charge is -2.26. The van der Waals surface area contributed by atoms with Gasteiger partial charge in [0.1, 0.15) is 0 Å². The van der Waals surface area contributed by atoms with Crippen molar-refractivity contribution in [1.29, 1.82) is 0 Å². The molecule has 11 rings (SSSR count). The first kappa shape index (κ1) is 30.0. The minimum Gasteiger partial charge on any atom is -0.309 e. The molecule has 0 spiro atoms. The van der Waals surface area contributed by atoms with E-state index in [1.165, 1.54) is 80.3 Å². The second-order valence-electron chi connectivity index (χ2n) is 13.7. The first-order chi connectivity index (χ1) is 26.3. The molecule has 9 aromatic carbocycles. The van der Waals surface area contributed by atoms with Crippen LogP contribution in [0.15, 0.2) is 194 Å². The summed E-state index contributed by atoms with van der Waals surface area (Å²) in [5.41, 5.74) is 9.35. The topological polar surface area (TPSA) is 8.17 Å². The molecule has 0 amide bonds. The summed E-state index contributed by atoms with van der Waals surface area (Å²) in [6.07, 6.45) is 0. The van der Waals surface area contributed by atoms with Crippen molar-refractivity contribution in [2.75, 3.05) is 4.90 Å². The molecule has 0 fully saturated rings. The van der Waals surface area contributed by atoms with Crippen LogP contribution in [0.1, 0.15) is 0 Å². The van der Waals surface area contributed by atoms with Gasteiger partial charge in [-0.25, -0.2) is 0 Å². The minimum atomic E-state index is 1.12. The minimum absolute atomic E-state index is 1.12. The standard InChI is InChI=1S/C50H32N2S/c1-3-13-33(14-4-1)36-17-11-20-38(31-36)52-45-30-26-34-15-7-9-21-40(34)48(45)44-29-27-39(32-47(44)52)51(37-18-5-2-6-19-37)46-24-12-23-42-43-28-25-35-16-8-10-22-41(35)49(43)53-50(42)46/h1-32H. The first-order valence-corrected chi connectivity index (χ1v) is 18.9. The molecular formula is C50H32N2S. The number of para-hydroxylation sites is 1. The molecule has 0 unspecified atom stereocenters. The van der Waals surface area contributed by atoms with Crippen LogP contribution in [0.25, 0.3) is 80.3 Å². The fourth-order valence-corrected chi connectivity index (χ4v) is 9.68. The normalized spacial score (nSPS) is 11.8. The number of aromatic nitrogens is 1. The van der Waals surface area contributed by atoms with E-state index < -0.39 is 0 Å². The van der Waals surface area contributed by atoms with Crippen LogP contribution in [0.4, 0.5) is 17.1 Å². The van der Waals surface area contributed by atoms with Gasteiger partial charge in [-0.1, -0.05) is 146 Å². The SMILES string of the molecule is c1ccc(-c2cccc(-n3c4cc(N(c5ccccc5)c5cccc6c5sc5c7ccccc7ccc65)ccc4c4c5ccccc5ccc43)c2)cc1. The third-order valence-electron chi connectivity index (χ3n) is 10.7. The molecule has 0 aliphatic rings. The molecule has 53 heavy (non-hydrogen) atoms. The van der Waals surface area contributed by atoms with Crippen LogP contribution in [0, 0.1) is 0 Å². The third-order valence-corrected chi connectivity index (χ3v) is 12.0. The van der Waals surface area contributed by atoms with Crippen LogP contribution in [-0.4, -0.2) is 4.57 Å². The summed E-state index contributed by atoms with van der Waals surface area (Å²) in [7, 11) is 0. The molecule has 0 N–H and O–H groups in total. The molecule has 0 atom stereocenters. The van der Waals surface area contributed by atoms with Gasteiger partial charge in [-0.15, -0.1) is 11.3 Å². The predicted molar refractivity (Wildman–Crippen MR) is 229 cm³/mol. The van der Waals surface area contributed by atoms with Gasteiger partial charge in [0.2, 0.25) is 0 Å². The largest absolute Gasteiger partial charge is 0.309 e. The second kappa shape index (κ2) is 11.9. The summed E-state index contributed by atoms with van der Waals surface area (Å²) in [4.78, 5) is 2.44. The quantitative estimate of drug-likeness (QED) is 0.174. The number of hydrogen-bond acceptors (Lipinski definition) is 2. The van der Waals surface area contributed by atoms with E-state index in [0.717, 1.165) is 17.1 Å².